The van der Waals surface area contributed by atoms with Crippen LogP contribution in [0.25, 0.3) is 0 Å². The van der Waals surface area contributed by atoms with Crippen LogP contribution in [0.1, 0.15) is 32.4 Å². The van der Waals surface area contributed by atoms with Crippen LogP contribution in [-0.4, -0.2) is 29.3 Å². The zero-order chi connectivity index (χ0) is 12.5. The third-order valence-electron chi connectivity index (χ3n) is 3.60. The zero-order valence-corrected chi connectivity index (χ0v) is 11.6. The Morgan fingerprint density at radius 1 is 1.59 bits per heavy atom. The maximum absolute atomic E-state index is 12.1. The molecule has 1 unspecified atom stereocenters. The van der Waals surface area contributed by atoms with Crippen LogP contribution in [0.3, 0.4) is 0 Å². The van der Waals surface area contributed by atoms with Crippen LogP contribution < -0.4 is 0 Å². The summed E-state index contributed by atoms with van der Waals surface area (Å²) in [4.78, 5) is 18.6. The lowest BCUT2D eigenvalue weighted by molar-refractivity contribution is -0.127. The lowest BCUT2D eigenvalue weighted by Gasteiger charge is -2.21. The van der Waals surface area contributed by atoms with Crippen molar-refractivity contribution >= 4 is 17.1 Å². The van der Waals surface area contributed by atoms with Crippen LogP contribution in [0.15, 0.2) is 10.9 Å². The van der Waals surface area contributed by atoms with Gasteiger partial charge in [0.1, 0.15) is 5.78 Å². The molecule has 0 bridgehead atoms. The molecule has 1 saturated carbocycles. The van der Waals surface area contributed by atoms with Crippen molar-refractivity contribution in [3.63, 3.8) is 0 Å². The topological polar surface area (TPSA) is 33.2 Å². The van der Waals surface area contributed by atoms with Gasteiger partial charge < -0.3 is 0 Å². The quantitative estimate of drug-likeness (QED) is 0.826. The van der Waals surface area contributed by atoms with Crippen molar-refractivity contribution in [3.8, 4) is 0 Å². The standard InChI is InChI=1S/C13H20N2OS/c1-13(2)5-4-10(12(13)16)6-15(3)7-11-8-17-9-14-11/h8-10H,4-7H2,1-3H3. The van der Waals surface area contributed by atoms with Crippen molar-refractivity contribution in [2.75, 3.05) is 13.6 Å². The molecule has 0 amide bonds. The fourth-order valence-corrected chi connectivity index (χ4v) is 3.10. The zero-order valence-electron chi connectivity index (χ0n) is 10.8. The summed E-state index contributed by atoms with van der Waals surface area (Å²) in [5, 5.41) is 2.07. The normalized spacial score (nSPS) is 23.5. The highest BCUT2D eigenvalue weighted by Crippen LogP contribution is 2.37. The molecule has 2 rings (SSSR count). The van der Waals surface area contributed by atoms with Gasteiger partial charge in [-0.2, -0.15) is 0 Å². The molecular weight excluding hydrogens is 232 g/mol. The molecule has 1 aromatic heterocycles. The summed E-state index contributed by atoms with van der Waals surface area (Å²) in [5.41, 5.74) is 2.85. The molecule has 1 atom stereocenters. The van der Waals surface area contributed by atoms with Gasteiger partial charge in [0.05, 0.1) is 11.2 Å². The Morgan fingerprint density at radius 3 is 2.88 bits per heavy atom. The predicted molar refractivity (Wildman–Crippen MR) is 70.0 cm³/mol. The smallest absolute Gasteiger partial charge is 0.142 e. The van der Waals surface area contributed by atoms with E-state index in [-0.39, 0.29) is 11.3 Å². The summed E-state index contributed by atoms with van der Waals surface area (Å²) in [6.45, 7) is 5.83. The molecule has 17 heavy (non-hydrogen) atoms. The molecule has 1 aromatic rings. The number of thiazole rings is 1. The summed E-state index contributed by atoms with van der Waals surface area (Å²) < 4.78 is 0. The van der Waals surface area contributed by atoms with Gasteiger partial charge in [-0.25, -0.2) is 4.98 Å². The van der Waals surface area contributed by atoms with Crippen molar-refractivity contribution in [2.24, 2.45) is 11.3 Å². The molecule has 0 aromatic carbocycles. The second kappa shape index (κ2) is 4.86. The second-order valence-corrected chi connectivity index (χ2v) is 6.38. The molecule has 0 spiro atoms. The lowest BCUT2D eigenvalue weighted by atomic mass is 9.89. The van der Waals surface area contributed by atoms with Crippen LogP contribution in [0.5, 0.6) is 0 Å². The summed E-state index contributed by atoms with van der Waals surface area (Å²) in [6, 6.07) is 0. The molecule has 4 heteroatoms. The van der Waals surface area contributed by atoms with Crippen molar-refractivity contribution in [2.45, 2.75) is 33.2 Å². The van der Waals surface area contributed by atoms with Gasteiger partial charge in [-0.15, -0.1) is 11.3 Å². The third-order valence-corrected chi connectivity index (χ3v) is 4.24. The average Bonchev–Trinajstić information content (AvgIpc) is 2.82. The average molecular weight is 252 g/mol. The first-order valence-corrected chi connectivity index (χ1v) is 7.03. The summed E-state index contributed by atoms with van der Waals surface area (Å²) in [5.74, 6) is 0.649. The molecule has 1 heterocycles. The van der Waals surface area contributed by atoms with Gasteiger partial charge in [-0.3, -0.25) is 9.69 Å². The number of carbonyl (C=O) groups excluding carboxylic acids is 1. The van der Waals surface area contributed by atoms with Gasteiger partial charge >= 0.3 is 0 Å². The Morgan fingerprint density at radius 2 is 2.35 bits per heavy atom. The van der Waals surface area contributed by atoms with Crippen molar-refractivity contribution in [1.82, 2.24) is 9.88 Å². The van der Waals surface area contributed by atoms with Gasteiger partial charge in [0.2, 0.25) is 0 Å². The molecule has 0 radical (unpaired) electrons. The molecular formula is C13H20N2OS. The minimum absolute atomic E-state index is 0.105. The van der Waals surface area contributed by atoms with E-state index >= 15 is 0 Å². The van der Waals surface area contributed by atoms with Crippen molar-refractivity contribution in [1.29, 1.82) is 0 Å². The van der Waals surface area contributed by atoms with E-state index < -0.39 is 0 Å². The van der Waals surface area contributed by atoms with Crippen molar-refractivity contribution in [3.05, 3.63) is 16.6 Å². The second-order valence-electron chi connectivity index (χ2n) is 5.66. The molecule has 1 aliphatic carbocycles. The van der Waals surface area contributed by atoms with Gasteiger partial charge in [0, 0.05) is 29.8 Å². The highest BCUT2D eigenvalue weighted by atomic mass is 32.1. The Kier molecular flexibility index (Phi) is 3.64. The van der Waals surface area contributed by atoms with Crippen molar-refractivity contribution < 1.29 is 4.79 Å². The van der Waals surface area contributed by atoms with Gasteiger partial charge in [0.15, 0.2) is 0 Å². The van der Waals surface area contributed by atoms with E-state index in [0.717, 1.165) is 31.6 Å². The minimum Gasteiger partial charge on any atom is -0.300 e. The largest absolute Gasteiger partial charge is 0.300 e. The maximum Gasteiger partial charge on any atom is 0.142 e. The highest BCUT2D eigenvalue weighted by Gasteiger charge is 2.40. The highest BCUT2D eigenvalue weighted by molar-refractivity contribution is 7.07. The van der Waals surface area contributed by atoms with Gasteiger partial charge in [-0.1, -0.05) is 13.8 Å². The Balaban J connectivity index is 1.87. The Hall–Kier alpha value is -0.740. The monoisotopic (exact) mass is 252 g/mol. The minimum atomic E-state index is -0.105. The van der Waals surface area contributed by atoms with E-state index in [9.17, 15) is 4.79 Å². The molecule has 94 valence electrons. The van der Waals surface area contributed by atoms with Gasteiger partial charge in [0.25, 0.3) is 0 Å². The number of nitrogens with zero attached hydrogens (tertiary/aromatic N) is 2. The third kappa shape index (κ3) is 2.93. The van der Waals surface area contributed by atoms with E-state index in [1.165, 1.54) is 0 Å². The first-order chi connectivity index (χ1) is 7.99. The van der Waals surface area contributed by atoms with Gasteiger partial charge in [-0.05, 0) is 19.9 Å². The Bertz CT molecular complexity index is 386. The number of aromatic nitrogens is 1. The molecule has 1 aliphatic rings. The summed E-state index contributed by atoms with van der Waals surface area (Å²) in [7, 11) is 2.07. The fourth-order valence-electron chi connectivity index (χ4n) is 2.55. The first kappa shape index (κ1) is 12.7. The Labute approximate surface area is 107 Å². The number of carbonyl (C=O) groups is 1. The van der Waals surface area contributed by atoms with E-state index in [1.54, 1.807) is 11.3 Å². The van der Waals surface area contributed by atoms with Crippen LogP contribution in [0, 0.1) is 11.3 Å². The predicted octanol–water partition coefficient (Wildman–Crippen LogP) is 2.58. The van der Waals surface area contributed by atoms with Crippen LogP contribution in [0.4, 0.5) is 0 Å². The number of Topliss-reactive ketones (excluding diaryl/α,β-unsaturated/α-hetero) is 1. The molecule has 0 aliphatic heterocycles. The number of ketones is 1. The van der Waals surface area contributed by atoms with Crippen LogP contribution >= 0.6 is 11.3 Å². The summed E-state index contributed by atoms with van der Waals surface area (Å²) >= 11 is 1.62. The van der Waals surface area contributed by atoms with Crippen LogP contribution in [-0.2, 0) is 11.3 Å². The summed E-state index contributed by atoms with van der Waals surface area (Å²) in [6.07, 6.45) is 2.06. The lowest BCUT2D eigenvalue weighted by Crippen LogP contribution is -2.31. The SMILES string of the molecule is CN(Cc1cscn1)CC1CCC(C)(C)C1=O. The molecule has 0 N–H and O–H groups in total. The molecule has 0 saturated heterocycles. The molecule has 1 fully saturated rings. The van der Waals surface area contributed by atoms with E-state index in [0.29, 0.717) is 5.78 Å². The first-order valence-electron chi connectivity index (χ1n) is 6.09. The van der Waals surface area contributed by atoms with E-state index in [1.807, 2.05) is 5.51 Å². The maximum atomic E-state index is 12.1. The number of hydrogen-bond donors (Lipinski definition) is 0. The fraction of sp³-hybridized carbons (Fsp3) is 0.692. The van der Waals surface area contributed by atoms with E-state index in [4.69, 9.17) is 0 Å². The molecule has 3 nitrogen and oxygen atoms in total. The van der Waals surface area contributed by atoms with Crippen LogP contribution in [0.2, 0.25) is 0 Å². The number of rotatable bonds is 4. The van der Waals surface area contributed by atoms with E-state index in [2.05, 4.69) is 36.2 Å². The number of hydrogen-bond acceptors (Lipinski definition) is 4.